The summed E-state index contributed by atoms with van der Waals surface area (Å²) >= 11 is 3.28. The Bertz CT molecular complexity index is 361. The van der Waals surface area contributed by atoms with Crippen LogP contribution in [0.5, 0.6) is 11.5 Å². The van der Waals surface area contributed by atoms with Crippen molar-refractivity contribution >= 4 is 22.0 Å². The summed E-state index contributed by atoms with van der Waals surface area (Å²) in [6, 6.07) is 5.93. The lowest BCUT2D eigenvalue weighted by molar-refractivity contribution is 0.301. The highest BCUT2D eigenvalue weighted by molar-refractivity contribution is 9.11. The van der Waals surface area contributed by atoms with Gasteiger partial charge in [-0.05, 0) is 36.0 Å². The van der Waals surface area contributed by atoms with Gasteiger partial charge < -0.3 is 9.47 Å². The van der Waals surface area contributed by atoms with Crippen LogP contribution < -0.4 is 9.47 Å². The molecule has 0 N–H and O–H groups in total. The number of rotatable bonds is 7. The highest BCUT2D eigenvalue weighted by Gasteiger charge is 2.03. The summed E-state index contributed by atoms with van der Waals surface area (Å²) in [5.41, 5.74) is 1.05. The van der Waals surface area contributed by atoms with Crippen LogP contribution in [0.1, 0.15) is 32.3 Å². The van der Waals surface area contributed by atoms with E-state index in [0.29, 0.717) is 0 Å². The Balaban J connectivity index is 2.84. The van der Waals surface area contributed by atoms with E-state index in [2.05, 4.69) is 29.8 Å². The van der Waals surface area contributed by atoms with Gasteiger partial charge in [0.05, 0.1) is 13.2 Å². The summed E-state index contributed by atoms with van der Waals surface area (Å²) in [6.07, 6.45) is 3.97. The number of benzene rings is 1. The SMILES string of the molecule is CCCOc1ccc(/C=C/Br)c(OCCC)c1. The van der Waals surface area contributed by atoms with Crippen molar-refractivity contribution in [3.05, 3.63) is 28.7 Å². The van der Waals surface area contributed by atoms with Crippen LogP contribution in [-0.4, -0.2) is 13.2 Å². The molecule has 0 spiro atoms. The average Bonchev–Trinajstić information content (AvgIpc) is 2.36. The first kappa shape index (κ1) is 14.1. The fraction of sp³-hybridized carbons (Fsp3) is 0.429. The minimum atomic E-state index is 0.723. The summed E-state index contributed by atoms with van der Waals surface area (Å²) in [7, 11) is 0. The zero-order valence-electron chi connectivity index (χ0n) is 10.4. The molecule has 0 fully saturated rings. The van der Waals surface area contributed by atoms with Crippen LogP contribution in [0, 0.1) is 0 Å². The fourth-order valence-electron chi connectivity index (χ4n) is 1.37. The molecule has 0 radical (unpaired) electrons. The standard InChI is InChI=1S/C14H19BrO2/c1-3-9-16-13-6-5-12(7-8-15)14(11-13)17-10-4-2/h5-8,11H,3-4,9-10H2,1-2H3/b8-7+. The molecule has 2 nitrogen and oxygen atoms in total. The van der Waals surface area contributed by atoms with Gasteiger partial charge in [-0.2, -0.15) is 0 Å². The van der Waals surface area contributed by atoms with Crippen LogP contribution in [0.2, 0.25) is 0 Å². The molecule has 0 unspecified atom stereocenters. The average molecular weight is 299 g/mol. The van der Waals surface area contributed by atoms with E-state index in [1.165, 1.54) is 0 Å². The van der Waals surface area contributed by atoms with E-state index in [0.717, 1.165) is 43.1 Å². The minimum absolute atomic E-state index is 0.723. The summed E-state index contributed by atoms with van der Waals surface area (Å²) in [6.45, 7) is 5.65. The molecule has 0 amide bonds. The van der Waals surface area contributed by atoms with Crippen molar-refractivity contribution in [1.29, 1.82) is 0 Å². The van der Waals surface area contributed by atoms with Gasteiger partial charge in [0.25, 0.3) is 0 Å². The molecule has 0 aliphatic carbocycles. The predicted octanol–water partition coefficient (Wildman–Crippen LogP) is 4.63. The first-order valence-electron chi connectivity index (χ1n) is 5.98. The van der Waals surface area contributed by atoms with Crippen LogP contribution in [0.4, 0.5) is 0 Å². The molecule has 3 heteroatoms. The number of hydrogen-bond acceptors (Lipinski definition) is 2. The highest BCUT2D eigenvalue weighted by Crippen LogP contribution is 2.26. The third-order valence-corrected chi connectivity index (χ3v) is 2.43. The van der Waals surface area contributed by atoms with Gasteiger partial charge in [-0.25, -0.2) is 0 Å². The van der Waals surface area contributed by atoms with Gasteiger partial charge in [-0.15, -0.1) is 0 Å². The van der Waals surface area contributed by atoms with E-state index in [1.807, 2.05) is 29.3 Å². The molecule has 17 heavy (non-hydrogen) atoms. The summed E-state index contributed by atoms with van der Waals surface area (Å²) in [5, 5.41) is 0. The lowest BCUT2D eigenvalue weighted by Gasteiger charge is -2.11. The zero-order valence-corrected chi connectivity index (χ0v) is 12.0. The van der Waals surface area contributed by atoms with Gasteiger partial charge in [0.1, 0.15) is 11.5 Å². The van der Waals surface area contributed by atoms with E-state index >= 15 is 0 Å². The van der Waals surface area contributed by atoms with E-state index in [-0.39, 0.29) is 0 Å². The first-order chi connectivity index (χ1) is 8.31. The molecular weight excluding hydrogens is 280 g/mol. The number of ether oxygens (including phenoxy) is 2. The maximum atomic E-state index is 5.71. The van der Waals surface area contributed by atoms with Crippen molar-refractivity contribution in [2.45, 2.75) is 26.7 Å². The molecule has 0 bridgehead atoms. The van der Waals surface area contributed by atoms with Crippen molar-refractivity contribution in [3.8, 4) is 11.5 Å². The summed E-state index contributed by atoms with van der Waals surface area (Å²) in [4.78, 5) is 1.83. The molecule has 0 aromatic heterocycles. The van der Waals surface area contributed by atoms with Gasteiger partial charge >= 0.3 is 0 Å². The molecule has 0 atom stereocenters. The van der Waals surface area contributed by atoms with Crippen molar-refractivity contribution < 1.29 is 9.47 Å². The highest BCUT2D eigenvalue weighted by atomic mass is 79.9. The quantitative estimate of drug-likeness (QED) is 0.731. The Morgan fingerprint density at radius 3 is 2.47 bits per heavy atom. The lowest BCUT2D eigenvalue weighted by atomic mass is 10.2. The number of hydrogen-bond donors (Lipinski definition) is 0. The van der Waals surface area contributed by atoms with Gasteiger partial charge in [-0.3, -0.25) is 0 Å². The van der Waals surface area contributed by atoms with Crippen molar-refractivity contribution in [2.24, 2.45) is 0 Å². The Hall–Kier alpha value is -0.960. The topological polar surface area (TPSA) is 18.5 Å². The van der Waals surface area contributed by atoms with Gasteiger partial charge in [-0.1, -0.05) is 29.8 Å². The van der Waals surface area contributed by atoms with Crippen molar-refractivity contribution in [3.63, 3.8) is 0 Å². The molecular formula is C14H19BrO2. The monoisotopic (exact) mass is 298 g/mol. The summed E-state index contributed by atoms with van der Waals surface area (Å²) < 4.78 is 11.3. The van der Waals surface area contributed by atoms with E-state index in [4.69, 9.17) is 9.47 Å². The fourth-order valence-corrected chi connectivity index (χ4v) is 1.65. The molecule has 1 aromatic rings. The molecule has 0 heterocycles. The maximum Gasteiger partial charge on any atom is 0.130 e. The summed E-state index contributed by atoms with van der Waals surface area (Å²) in [5.74, 6) is 1.74. The minimum Gasteiger partial charge on any atom is -0.493 e. The molecule has 0 saturated carbocycles. The largest absolute Gasteiger partial charge is 0.493 e. The second-order valence-electron chi connectivity index (χ2n) is 3.69. The molecule has 0 aliphatic rings. The Morgan fingerprint density at radius 2 is 1.82 bits per heavy atom. The van der Waals surface area contributed by atoms with Gasteiger partial charge in [0.2, 0.25) is 0 Å². The Labute approximate surface area is 112 Å². The van der Waals surface area contributed by atoms with E-state index in [9.17, 15) is 0 Å². The second kappa shape index (κ2) is 8.18. The molecule has 94 valence electrons. The third kappa shape index (κ3) is 4.82. The zero-order chi connectivity index (χ0) is 12.5. The van der Waals surface area contributed by atoms with E-state index in [1.54, 1.807) is 0 Å². The predicted molar refractivity (Wildman–Crippen MR) is 76.0 cm³/mol. The van der Waals surface area contributed by atoms with Crippen molar-refractivity contribution in [2.75, 3.05) is 13.2 Å². The second-order valence-corrected chi connectivity index (χ2v) is 4.22. The molecule has 1 rings (SSSR count). The van der Waals surface area contributed by atoms with Gasteiger partial charge in [0, 0.05) is 11.6 Å². The van der Waals surface area contributed by atoms with Gasteiger partial charge in [0.15, 0.2) is 0 Å². The van der Waals surface area contributed by atoms with Crippen LogP contribution in [0.25, 0.3) is 6.08 Å². The third-order valence-electron chi connectivity index (χ3n) is 2.16. The van der Waals surface area contributed by atoms with E-state index < -0.39 is 0 Å². The van der Waals surface area contributed by atoms with Crippen LogP contribution in [0.15, 0.2) is 23.2 Å². The van der Waals surface area contributed by atoms with Crippen LogP contribution >= 0.6 is 15.9 Å². The van der Waals surface area contributed by atoms with Crippen molar-refractivity contribution in [1.82, 2.24) is 0 Å². The smallest absolute Gasteiger partial charge is 0.130 e. The lowest BCUT2D eigenvalue weighted by Crippen LogP contribution is -1.99. The Morgan fingerprint density at radius 1 is 1.12 bits per heavy atom. The normalized spacial score (nSPS) is 10.8. The first-order valence-corrected chi connectivity index (χ1v) is 6.89. The molecule has 1 aromatic carbocycles. The maximum absolute atomic E-state index is 5.71. The Kier molecular flexibility index (Phi) is 6.78. The number of halogens is 1. The molecule has 0 saturated heterocycles. The van der Waals surface area contributed by atoms with Crippen LogP contribution in [0.3, 0.4) is 0 Å². The van der Waals surface area contributed by atoms with Crippen LogP contribution in [-0.2, 0) is 0 Å². The molecule has 0 aliphatic heterocycles.